The van der Waals surface area contributed by atoms with Crippen molar-refractivity contribution in [3.8, 4) is 5.75 Å². The first-order valence-corrected chi connectivity index (χ1v) is 11.5. The number of carbonyl (C=O) groups is 1. The van der Waals surface area contributed by atoms with Crippen LogP contribution in [0.15, 0.2) is 54.6 Å². The second kappa shape index (κ2) is 11.0. The van der Waals surface area contributed by atoms with Crippen molar-refractivity contribution in [2.75, 3.05) is 31.5 Å². The largest absolute Gasteiger partial charge is 0.491 e. The normalized spacial score (nSPS) is 10.6. The van der Waals surface area contributed by atoms with E-state index in [2.05, 4.69) is 26.7 Å². The summed E-state index contributed by atoms with van der Waals surface area (Å²) in [6.45, 7) is 3.55. The number of hydrogen-bond acceptors (Lipinski definition) is 7. The summed E-state index contributed by atoms with van der Waals surface area (Å²) in [4.78, 5) is 20.0. The Labute approximate surface area is 185 Å². The molecule has 0 aliphatic heterocycles. The summed E-state index contributed by atoms with van der Waals surface area (Å²) >= 11 is 2.77. The fourth-order valence-electron chi connectivity index (χ4n) is 2.87. The molecule has 3 rings (SSSR count). The minimum atomic E-state index is -0.182. The Bertz CT molecular complexity index is 963. The van der Waals surface area contributed by atoms with Gasteiger partial charge in [-0.1, -0.05) is 48.3 Å². The minimum Gasteiger partial charge on any atom is -0.491 e. The number of benzene rings is 2. The molecule has 3 aromatic rings. The molecule has 0 fully saturated rings. The number of nitrogens with zero attached hydrogens (tertiary/aromatic N) is 2. The lowest BCUT2D eigenvalue weighted by molar-refractivity contribution is 0.0980. The van der Waals surface area contributed by atoms with Crippen LogP contribution in [0.1, 0.15) is 20.9 Å². The molecule has 0 saturated heterocycles. The maximum atomic E-state index is 12.4. The average Bonchev–Trinajstić information content (AvgIpc) is 3.15. The highest BCUT2D eigenvalue weighted by Crippen LogP contribution is 2.34. The number of nitrogens with one attached hydrogen (secondary N) is 1. The van der Waals surface area contributed by atoms with Crippen molar-refractivity contribution in [3.05, 3.63) is 70.7 Å². The molecule has 2 aromatic carbocycles. The number of rotatable bonds is 10. The fraction of sp³-hybridized carbons (Fsp3) is 0.273. The Morgan fingerprint density at radius 1 is 1.17 bits per heavy atom. The third-order valence-electron chi connectivity index (χ3n) is 4.30. The zero-order valence-electron chi connectivity index (χ0n) is 17.3. The molecule has 0 unspecified atom stereocenters. The van der Waals surface area contributed by atoms with E-state index in [1.807, 2.05) is 55.6 Å². The van der Waals surface area contributed by atoms with Gasteiger partial charge in [0.1, 0.15) is 18.1 Å². The van der Waals surface area contributed by atoms with Gasteiger partial charge < -0.3 is 14.4 Å². The lowest BCUT2D eigenvalue weighted by Gasteiger charge is -2.23. The molecule has 8 heteroatoms. The Hall–Kier alpha value is -2.55. The maximum Gasteiger partial charge on any atom is 0.280 e. The number of anilines is 2. The molecule has 30 heavy (non-hydrogen) atoms. The number of carbonyl (C=O) groups excluding carboxylic acids is 1. The van der Waals surface area contributed by atoms with Crippen molar-refractivity contribution in [3.63, 3.8) is 0 Å². The molecule has 0 spiro atoms. The van der Waals surface area contributed by atoms with Crippen molar-refractivity contribution in [2.24, 2.45) is 0 Å². The number of methoxy groups -OCH3 is 1. The summed E-state index contributed by atoms with van der Waals surface area (Å²) in [5, 5.41) is 0.761. The van der Waals surface area contributed by atoms with Crippen LogP contribution in [0.25, 0.3) is 0 Å². The summed E-state index contributed by atoms with van der Waals surface area (Å²) < 4.78 is 13.6. The van der Waals surface area contributed by atoms with Gasteiger partial charge >= 0.3 is 0 Å². The van der Waals surface area contributed by atoms with Crippen LogP contribution < -0.4 is 14.4 Å². The van der Waals surface area contributed by atoms with Crippen molar-refractivity contribution in [1.29, 1.82) is 0 Å². The molecule has 1 aromatic heterocycles. The summed E-state index contributed by atoms with van der Waals surface area (Å²) in [5.41, 5.74) is 2.54. The highest BCUT2D eigenvalue weighted by Gasteiger charge is 2.20. The van der Waals surface area contributed by atoms with E-state index in [0.717, 1.165) is 27.0 Å². The highest BCUT2D eigenvalue weighted by atomic mass is 32.2. The van der Waals surface area contributed by atoms with Gasteiger partial charge in [0, 0.05) is 30.0 Å². The van der Waals surface area contributed by atoms with E-state index in [1.54, 1.807) is 7.11 Å². The monoisotopic (exact) mass is 443 g/mol. The first-order chi connectivity index (χ1) is 14.6. The van der Waals surface area contributed by atoms with Crippen molar-refractivity contribution in [1.82, 2.24) is 9.71 Å². The van der Waals surface area contributed by atoms with Gasteiger partial charge in [-0.2, -0.15) is 0 Å². The van der Waals surface area contributed by atoms with Crippen molar-refractivity contribution < 1.29 is 14.3 Å². The average molecular weight is 444 g/mol. The number of amides is 1. The van der Waals surface area contributed by atoms with Crippen LogP contribution in [-0.4, -0.2) is 37.5 Å². The van der Waals surface area contributed by atoms with E-state index in [0.29, 0.717) is 25.5 Å². The van der Waals surface area contributed by atoms with Crippen molar-refractivity contribution >= 4 is 40.0 Å². The second-order valence-corrected chi connectivity index (χ2v) is 8.24. The second-order valence-electron chi connectivity index (χ2n) is 6.45. The summed E-state index contributed by atoms with van der Waals surface area (Å²) in [6, 6.07) is 18.1. The van der Waals surface area contributed by atoms with Gasteiger partial charge in [0.2, 0.25) is 0 Å². The molecule has 0 aliphatic carbocycles. The quantitative estimate of drug-likeness (QED) is 0.358. The number of ether oxygens (including phenoxy) is 2. The van der Waals surface area contributed by atoms with Crippen LogP contribution >= 0.6 is 23.3 Å². The van der Waals surface area contributed by atoms with Crippen LogP contribution in [0.5, 0.6) is 5.75 Å². The van der Waals surface area contributed by atoms with E-state index in [9.17, 15) is 4.79 Å². The molecule has 158 valence electrons. The highest BCUT2D eigenvalue weighted by molar-refractivity contribution is 7.97. The SMILES string of the molecule is COCCOc1cccc(N(Cc2ccccc2)c2nc(C(=O)NSC)c(C)s2)c1. The standard InChI is InChI=1S/C22H25N3O3S2/c1-16-20(21(26)24-29-3)23-22(30-16)25(15-17-8-5-4-6-9-17)18-10-7-11-19(14-18)28-13-12-27-2/h4-11,14H,12-13,15H2,1-3H3,(H,24,26). The topological polar surface area (TPSA) is 63.7 Å². The predicted molar refractivity (Wildman–Crippen MR) is 124 cm³/mol. The molecule has 1 N–H and O–H groups in total. The lowest BCUT2D eigenvalue weighted by atomic mass is 10.2. The van der Waals surface area contributed by atoms with Gasteiger partial charge in [0.25, 0.3) is 5.91 Å². The first kappa shape index (κ1) is 22.1. The molecule has 0 saturated carbocycles. The molecule has 0 atom stereocenters. The van der Waals surface area contributed by atoms with E-state index < -0.39 is 0 Å². The predicted octanol–water partition coefficient (Wildman–Crippen LogP) is 4.82. The summed E-state index contributed by atoms with van der Waals surface area (Å²) in [6.07, 6.45) is 1.82. The van der Waals surface area contributed by atoms with E-state index in [1.165, 1.54) is 23.3 Å². The third kappa shape index (κ3) is 5.75. The molecule has 1 heterocycles. The Kier molecular flexibility index (Phi) is 8.12. The van der Waals surface area contributed by atoms with E-state index in [4.69, 9.17) is 9.47 Å². The zero-order valence-corrected chi connectivity index (χ0v) is 18.9. The molecule has 0 radical (unpaired) electrons. The van der Waals surface area contributed by atoms with Gasteiger partial charge in [-0.3, -0.25) is 9.52 Å². The maximum absolute atomic E-state index is 12.4. The zero-order chi connectivity index (χ0) is 21.3. The molecule has 1 amide bonds. The van der Waals surface area contributed by atoms with Crippen LogP contribution in [0, 0.1) is 6.92 Å². The molecule has 0 aliphatic rings. The number of aromatic nitrogens is 1. The van der Waals surface area contributed by atoms with Gasteiger partial charge in [0.15, 0.2) is 5.13 Å². The minimum absolute atomic E-state index is 0.182. The van der Waals surface area contributed by atoms with Gasteiger partial charge in [-0.15, -0.1) is 11.3 Å². The lowest BCUT2D eigenvalue weighted by Crippen LogP contribution is -2.19. The van der Waals surface area contributed by atoms with Crippen molar-refractivity contribution in [2.45, 2.75) is 13.5 Å². The van der Waals surface area contributed by atoms with Crippen LogP contribution in [0.2, 0.25) is 0 Å². The molecule has 6 nitrogen and oxygen atoms in total. The summed E-state index contributed by atoms with van der Waals surface area (Å²) in [5.74, 6) is 0.579. The van der Waals surface area contributed by atoms with Crippen LogP contribution in [0.3, 0.4) is 0 Å². The van der Waals surface area contributed by atoms with E-state index >= 15 is 0 Å². The Morgan fingerprint density at radius 3 is 2.70 bits per heavy atom. The number of hydrogen-bond donors (Lipinski definition) is 1. The van der Waals surface area contributed by atoms with Crippen LogP contribution in [0.4, 0.5) is 10.8 Å². The summed E-state index contributed by atoms with van der Waals surface area (Å²) in [7, 11) is 1.65. The Morgan fingerprint density at radius 2 is 1.97 bits per heavy atom. The number of aryl methyl sites for hydroxylation is 1. The number of thiazole rings is 1. The third-order valence-corrected chi connectivity index (χ3v) is 5.68. The fourth-order valence-corrected chi connectivity index (χ4v) is 4.08. The molecular formula is C22H25N3O3S2. The Balaban J connectivity index is 1.95. The van der Waals surface area contributed by atoms with Gasteiger partial charge in [-0.05, 0) is 24.6 Å². The smallest absolute Gasteiger partial charge is 0.280 e. The van der Waals surface area contributed by atoms with Gasteiger partial charge in [0.05, 0.1) is 13.2 Å². The first-order valence-electron chi connectivity index (χ1n) is 9.46. The van der Waals surface area contributed by atoms with Gasteiger partial charge in [-0.25, -0.2) is 4.98 Å². The molecule has 0 bridgehead atoms. The molecular weight excluding hydrogens is 418 g/mol. The van der Waals surface area contributed by atoms with Crippen LogP contribution in [-0.2, 0) is 11.3 Å². The van der Waals surface area contributed by atoms with E-state index in [-0.39, 0.29) is 5.91 Å².